The van der Waals surface area contributed by atoms with Crippen LogP contribution in [0.5, 0.6) is 11.5 Å². The Bertz CT molecular complexity index is 533. The van der Waals surface area contributed by atoms with Gasteiger partial charge in [0.15, 0.2) is 11.5 Å². The minimum absolute atomic E-state index is 0.323. The topological polar surface area (TPSA) is 67.8 Å². The van der Waals surface area contributed by atoms with E-state index in [4.69, 9.17) is 9.47 Å². The Morgan fingerprint density at radius 2 is 2.09 bits per heavy atom. The number of nitrogens with one attached hydrogen (secondary N) is 1. The van der Waals surface area contributed by atoms with Crippen LogP contribution in [0.1, 0.15) is 32.3 Å². The molecule has 0 spiro atoms. The summed E-state index contributed by atoms with van der Waals surface area (Å²) in [5.74, 6) is 0.934. The van der Waals surface area contributed by atoms with E-state index in [1.54, 1.807) is 0 Å². The van der Waals surface area contributed by atoms with Crippen molar-refractivity contribution in [1.82, 2.24) is 5.32 Å². The van der Waals surface area contributed by atoms with Gasteiger partial charge in [0.2, 0.25) is 0 Å². The van der Waals surface area contributed by atoms with E-state index in [9.17, 15) is 9.90 Å². The summed E-state index contributed by atoms with van der Waals surface area (Å²) in [7, 11) is 0. The maximum Gasteiger partial charge on any atom is 0.320 e. The van der Waals surface area contributed by atoms with Crippen molar-refractivity contribution in [2.24, 2.45) is 5.92 Å². The number of aliphatic carboxylic acids is 1. The predicted molar refractivity (Wildman–Crippen MR) is 87.5 cm³/mol. The number of hydrogen-bond acceptors (Lipinski definition) is 4. The van der Waals surface area contributed by atoms with Crippen molar-refractivity contribution >= 4 is 21.9 Å². The first kappa shape index (κ1) is 17.1. The highest BCUT2D eigenvalue weighted by atomic mass is 79.9. The highest BCUT2D eigenvalue weighted by molar-refractivity contribution is 9.10. The molecule has 1 unspecified atom stereocenters. The van der Waals surface area contributed by atoms with Gasteiger partial charge in [-0.3, -0.25) is 4.79 Å². The number of carbonyl (C=O) groups is 1. The first-order valence-corrected chi connectivity index (χ1v) is 8.31. The van der Waals surface area contributed by atoms with Gasteiger partial charge in [-0.2, -0.15) is 0 Å². The Labute approximate surface area is 139 Å². The van der Waals surface area contributed by atoms with Gasteiger partial charge in [0.25, 0.3) is 0 Å². The molecule has 2 N–H and O–H groups in total. The van der Waals surface area contributed by atoms with Gasteiger partial charge < -0.3 is 19.9 Å². The Morgan fingerprint density at radius 3 is 2.77 bits per heavy atom. The SMILES string of the molecule is CC(C)CC(NCc1cc(Br)c2c(c1)OCCCO2)C(=O)O. The van der Waals surface area contributed by atoms with Crippen molar-refractivity contribution in [3.63, 3.8) is 0 Å². The highest BCUT2D eigenvalue weighted by Crippen LogP contribution is 2.38. The van der Waals surface area contributed by atoms with Crippen LogP contribution in [0.4, 0.5) is 0 Å². The number of carboxylic acids is 1. The first-order valence-electron chi connectivity index (χ1n) is 7.51. The number of rotatable bonds is 6. The predicted octanol–water partition coefficient (Wildman–Crippen LogP) is 3.20. The van der Waals surface area contributed by atoms with Gasteiger partial charge >= 0.3 is 5.97 Å². The van der Waals surface area contributed by atoms with Gasteiger partial charge in [0.1, 0.15) is 6.04 Å². The number of benzene rings is 1. The first-order chi connectivity index (χ1) is 10.5. The largest absolute Gasteiger partial charge is 0.490 e. The second-order valence-electron chi connectivity index (χ2n) is 5.86. The molecule has 122 valence electrons. The highest BCUT2D eigenvalue weighted by Gasteiger charge is 2.19. The summed E-state index contributed by atoms with van der Waals surface area (Å²) < 4.78 is 12.2. The van der Waals surface area contributed by atoms with Crippen LogP contribution < -0.4 is 14.8 Å². The molecule has 0 amide bonds. The maximum atomic E-state index is 11.3. The molecule has 0 bridgehead atoms. The average molecular weight is 372 g/mol. The van der Waals surface area contributed by atoms with E-state index in [0.717, 1.165) is 22.2 Å². The number of carboxylic acid groups (broad SMARTS) is 1. The third-order valence-corrected chi connectivity index (χ3v) is 4.01. The number of fused-ring (bicyclic) bond motifs is 1. The Hall–Kier alpha value is -1.27. The van der Waals surface area contributed by atoms with Crippen molar-refractivity contribution in [3.05, 3.63) is 22.2 Å². The third-order valence-electron chi connectivity index (χ3n) is 3.42. The summed E-state index contributed by atoms with van der Waals surface area (Å²) in [6, 6.07) is 3.30. The molecule has 6 heteroatoms. The summed E-state index contributed by atoms with van der Waals surface area (Å²) in [6.45, 7) is 5.77. The number of hydrogen-bond donors (Lipinski definition) is 2. The molecule has 0 fully saturated rings. The minimum Gasteiger partial charge on any atom is -0.490 e. The molecule has 1 heterocycles. The summed E-state index contributed by atoms with van der Waals surface area (Å²) in [5, 5.41) is 12.4. The standard InChI is InChI=1S/C16H22BrNO4/c1-10(2)6-13(16(19)20)18-9-11-7-12(17)15-14(8-11)21-4-3-5-22-15/h7-8,10,13,18H,3-6,9H2,1-2H3,(H,19,20). The van der Waals surface area contributed by atoms with E-state index >= 15 is 0 Å². The molecule has 2 rings (SSSR count). The molecule has 0 aromatic heterocycles. The molecular formula is C16H22BrNO4. The molecule has 0 saturated heterocycles. The van der Waals surface area contributed by atoms with Crippen LogP contribution in [0.2, 0.25) is 0 Å². The lowest BCUT2D eigenvalue weighted by Gasteiger charge is -2.17. The second-order valence-corrected chi connectivity index (χ2v) is 6.71. The number of halogens is 1. The van der Waals surface area contributed by atoms with Gasteiger partial charge in [-0.25, -0.2) is 0 Å². The lowest BCUT2D eigenvalue weighted by molar-refractivity contribution is -0.140. The molecule has 1 aromatic rings. The molecule has 0 saturated carbocycles. The smallest absolute Gasteiger partial charge is 0.320 e. The molecule has 0 aliphatic carbocycles. The molecule has 22 heavy (non-hydrogen) atoms. The van der Waals surface area contributed by atoms with Crippen LogP contribution in [0, 0.1) is 5.92 Å². The van der Waals surface area contributed by atoms with Crippen molar-refractivity contribution in [1.29, 1.82) is 0 Å². The second kappa shape index (κ2) is 7.83. The van der Waals surface area contributed by atoms with Crippen LogP contribution in [-0.2, 0) is 11.3 Å². The lowest BCUT2D eigenvalue weighted by Crippen LogP contribution is -2.37. The van der Waals surface area contributed by atoms with Crippen LogP contribution in [0.3, 0.4) is 0 Å². The normalized spacial score (nSPS) is 15.5. The van der Waals surface area contributed by atoms with Crippen molar-refractivity contribution < 1.29 is 19.4 Å². The molecular weight excluding hydrogens is 350 g/mol. The molecule has 1 atom stereocenters. The molecule has 1 aliphatic heterocycles. The van der Waals surface area contributed by atoms with Crippen molar-refractivity contribution in [2.45, 2.75) is 39.3 Å². The molecule has 0 radical (unpaired) electrons. The van der Waals surface area contributed by atoms with Crippen LogP contribution in [-0.4, -0.2) is 30.3 Å². The van der Waals surface area contributed by atoms with E-state index in [0.29, 0.717) is 37.8 Å². The monoisotopic (exact) mass is 371 g/mol. The Morgan fingerprint density at radius 1 is 1.36 bits per heavy atom. The molecule has 1 aliphatic rings. The fourth-order valence-corrected chi connectivity index (χ4v) is 2.97. The van der Waals surface area contributed by atoms with Gasteiger partial charge in [0.05, 0.1) is 17.7 Å². The molecule has 1 aromatic carbocycles. The van der Waals surface area contributed by atoms with Crippen LogP contribution >= 0.6 is 15.9 Å². The maximum absolute atomic E-state index is 11.3. The zero-order valence-corrected chi connectivity index (χ0v) is 14.5. The van der Waals surface area contributed by atoms with E-state index < -0.39 is 12.0 Å². The number of ether oxygens (including phenoxy) is 2. The quantitative estimate of drug-likeness (QED) is 0.803. The van der Waals surface area contributed by atoms with Crippen molar-refractivity contribution in [3.8, 4) is 11.5 Å². The van der Waals surface area contributed by atoms with Crippen LogP contribution in [0.15, 0.2) is 16.6 Å². The van der Waals surface area contributed by atoms with E-state index in [1.807, 2.05) is 26.0 Å². The van der Waals surface area contributed by atoms with Gasteiger partial charge in [0, 0.05) is 13.0 Å². The zero-order valence-electron chi connectivity index (χ0n) is 12.9. The van der Waals surface area contributed by atoms with E-state index in [1.165, 1.54) is 0 Å². The summed E-state index contributed by atoms with van der Waals surface area (Å²) in [6.07, 6.45) is 1.45. The van der Waals surface area contributed by atoms with Crippen LogP contribution in [0.25, 0.3) is 0 Å². The average Bonchev–Trinajstić information content (AvgIpc) is 2.68. The zero-order chi connectivity index (χ0) is 16.1. The fraction of sp³-hybridized carbons (Fsp3) is 0.562. The summed E-state index contributed by atoms with van der Waals surface area (Å²) in [4.78, 5) is 11.3. The van der Waals surface area contributed by atoms with E-state index in [-0.39, 0.29) is 0 Å². The summed E-state index contributed by atoms with van der Waals surface area (Å²) in [5.41, 5.74) is 0.964. The minimum atomic E-state index is -0.817. The third kappa shape index (κ3) is 4.61. The van der Waals surface area contributed by atoms with Gasteiger partial charge in [-0.1, -0.05) is 13.8 Å². The molecule has 5 nitrogen and oxygen atoms in total. The fourth-order valence-electron chi connectivity index (χ4n) is 2.37. The Balaban J connectivity index is 2.08. The Kier molecular flexibility index (Phi) is 6.08. The summed E-state index contributed by atoms with van der Waals surface area (Å²) >= 11 is 3.49. The van der Waals surface area contributed by atoms with Crippen molar-refractivity contribution in [2.75, 3.05) is 13.2 Å². The lowest BCUT2D eigenvalue weighted by atomic mass is 10.0. The van der Waals surface area contributed by atoms with Gasteiger partial charge in [-0.05, 0) is 46.0 Å². The van der Waals surface area contributed by atoms with E-state index in [2.05, 4.69) is 21.2 Å². The van der Waals surface area contributed by atoms with Gasteiger partial charge in [-0.15, -0.1) is 0 Å².